The quantitative estimate of drug-likeness (QED) is 0.714. The van der Waals surface area contributed by atoms with Crippen LogP contribution in [-0.2, 0) is 14.0 Å². The van der Waals surface area contributed by atoms with Crippen molar-refractivity contribution < 1.29 is 18.8 Å². The highest BCUT2D eigenvalue weighted by molar-refractivity contribution is 6.62. The summed E-state index contributed by atoms with van der Waals surface area (Å²) < 4.78 is 17.9. The van der Waals surface area contributed by atoms with Crippen LogP contribution in [0.3, 0.4) is 0 Å². The van der Waals surface area contributed by atoms with Gasteiger partial charge < -0.3 is 23.8 Å². The molecule has 0 N–H and O–H groups in total. The van der Waals surface area contributed by atoms with E-state index in [9.17, 15) is 4.79 Å². The van der Waals surface area contributed by atoms with E-state index in [1.807, 2.05) is 25.7 Å². The van der Waals surface area contributed by atoms with Gasteiger partial charge >= 0.3 is 13.2 Å². The molecule has 7 heteroatoms. The van der Waals surface area contributed by atoms with Crippen molar-refractivity contribution in [1.29, 1.82) is 0 Å². The molecule has 0 aromatic heterocycles. The smallest absolute Gasteiger partial charge is 0.444 e. The first kappa shape index (κ1) is 20.5. The molecule has 3 aliphatic heterocycles. The summed E-state index contributed by atoms with van der Waals surface area (Å²) in [4.78, 5) is 16.7. The van der Waals surface area contributed by atoms with E-state index in [2.05, 4.69) is 56.9 Å². The fraction of sp³-hybridized carbons (Fsp3) is 0.682. The van der Waals surface area contributed by atoms with Gasteiger partial charge in [-0.15, -0.1) is 0 Å². The molecule has 158 valence electrons. The van der Waals surface area contributed by atoms with Crippen LogP contribution in [0.25, 0.3) is 0 Å². The maximum Gasteiger partial charge on any atom is 0.494 e. The van der Waals surface area contributed by atoms with Gasteiger partial charge in [-0.3, -0.25) is 0 Å². The SMILES string of the molecule is CC(C)(C)OC(=O)N1C[C@@H]2C[C@H]1CN2c1ccc(B2OC(C)(C)C(C)(C)O2)cc1. The van der Waals surface area contributed by atoms with Crippen molar-refractivity contribution in [3.63, 3.8) is 0 Å². The van der Waals surface area contributed by atoms with Crippen molar-refractivity contribution in [2.75, 3.05) is 18.0 Å². The monoisotopic (exact) mass is 400 g/mol. The number of anilines is 1. The molecule has 6 nitrogen and oxygen atoms in total. The largest absolute Gasteiger partial charge is 0.494 e. The molecule has 0 radical (unpaired) electrons. The van der Waals surface area contributed by atoms with E-state index in [0.29, 0.717) is 6.04 Å². The second-order valence-corrected chi connectivity index (χ2v) is 10.5. The molecule has 3 fully saturated rings. The summed E-state index contributed by atoms with van der Waals surface area (Å²) in [6.07, 6.45) is 0.804. The Morgan fingerprint density at radius 2 is 1.62 bits per heavy atom. The van der Waals surface area contributed by atoms with Gasteiger partial charge in [0.1, 0.15) is 5.60 Å². The molecule has 0 unspecified atom stereocenters. The van der Waals surface area contributed by atoms with E-state index >= 15 is 0 Å². The van der Waals surface area contributed by atoms with Gasteiger partial charge in [0.2, 0.25) is 0 Å². The van der Waals surface area contributed by atoms with Gasteiger partial charge in [-0.1, -0.05) is 12.1 Å². The maximum atomic E-state index is 12.4. The Kier molecular flexibility index (Phi) is 4.70. The fourth-order valence-corrected chi connectivity index (χ4v) is 4.33. The number of carbonyl (C=O) groups excluding carboxylic acids is 1. The van der Waals surface area contributed by atoms with E-state index in [1.54, 1.807) is 0 Å². The van der Waals surface area contributed by atoms with E-state index < -0.39 is 5.60 Å². The molecule has 0 saturated carbocycles. The Morgan fingerprint density at radius 1 is 1.03 bits per heavy atom. The van der Waals surface area contributed by atoms with Crippen LogP contribution in [0.1, 0.15) is 54.9 Å². The fourth-order valence-electron chi connectivity index (χ4n) is 4.33. The number of nitrogens with zero attached hydrogens (tertiary/aromatic N) is 2. The zero-order chi connectivity index (χ0) is 21.2. The van der Waals surface area contributed by atoms with Gasteiger partial charge in [0, 0.05) is 24.8 Å². The van der Waals surface area contributed by atoms with Crippen molar-refractivity contribution in [2.24, 2.45) is 0 Å². The van der Waals surface area contributed by atoms with Gasteiger partial charge in [0.15, 0.2) is 0 Å². The summed E-state index contributed by atoms with van der Waals surface area (Å²) in [6.45, 7) is 15.6. The van der Waals surface area contributed by atoms with E-state index in [0.717, 1.165) is 25.0 Å². The van der Waals surface area contributed by atoms with Gasteiger partial charge in [-0.25, -0.2) is 4.79 Å². The first-order chi connectivity index (χ1) is 13.4. The number of amides is 1. The molecule has 0 aliphatic carbocycles. The van der Waals surface area contributed by atoms with Crippen molar-refractivity contribution >= 4 is 24.4 Å². The average Bonchev–Trinajstić information content (AvgIpc) is 3.25. The van der Waals surface area contributed by atoms with Crippen LogP contribution in [0.5, 0.6) is 0 Å². The standard InChI is InChI=1S/C22H33BN2O4/c1-20(2,3)27-19(26)25-14-17-12-18(25)13-24(17)16-10-8-15(9-11-16)23-28-21(4,5)22(6,7)29-23/h8-11,17-18H,12-14H2,1-7H3/t17-,18-/m0/s1. The average molecular weight is 400 g/mol. The molecular weight excluding hydrogens is 367 g/mol. The number of benzene rings is 1. The number of piperazine rings is 1. The molecule has 2 atom stereocenters. The van der Waals surface area contributed by atoms with Gasteiger partial charge in [-0.05, 0) is 72.5 Å². The van der Waals surface area contributed by atoms with Crippen molar-refractivity contribution in [1.82, 2.24) is 4.90 Å². The Balaban J connectivity index is 1.40. The molecule has 29 heavy (non-hydrogen) atoms. The lowest BCUT2D eigenvalue weighted by Crippen LogP contribution is -2.50. The molecule has 4 rings (SSSR count). The predicted molar refractivity (Wildman–Crippen MR) is 115 cm³/mol. The summed E-state index contributed by atoms with van der Waals surface area (Å²) in [5, 5.41) is 0. The molecule has 2 bridgehead atoms. The van der Waals surface area contributed by atoms with Crippen molar-refractivity contribution in [3.8, 4) is 0 Å². The van der Waals surface area contributed by atoms with Crippen LogP contribution in [-0.4, -0.2) is 60.1 Å². The Bertz CT molecular complexity index is 771. The minimum absolute atomic E-state index is 0.194. The lowest BCUT2D eigenvalue weighted by atomic mass is 9.79. The molecule has 1 aromatic rings. The van der Waals surface area contributed by atoms with Crippen LogP contribution in [0.4, 0.5) is 10.5 Å². The topological polar surface area (TPSA) is 51.2 Å². The first-order valence-corrected chi connectivity index (χ1v) is 10.6. The Hall–Kier alpha value is -1.73. The van der Waals surface area contributed by atoms with Gasteiger partial charge in [0.05, 0.1) is 17.2 Å². The summed E-state index contributed by atoms with van der Waals surface area (Å²) in [7, 11) is -0.341. The van der Waals surface area contributed by atoms with E-state index in [-0.39, 0.29) is 30.5 Å². The lowest BCUT2D eigenvalue weighted by molar-refractivity contribution is 0.00578. The lowest BCUT2D eigenvalue weighted by Gasteiger charge is -2.36. The number of likely N-dealkylation sites (tertiary alicyclic amines) is 1. The van der Waals surface area contributed by atoms with Gasteiger partial charge in [0.25, 0.3) is 0 Å². The number of hydrogen-bond acceptors (Lipinski definition) is 5. The summed E-state index contributed by atoms with van der Waals surface area (Å²) in [5.41, 5.74) is 1.08. The number of ether oxygens (including phenoxy) is 1. The van der Waals surface area contributed by atoms with Crippen LogP contribution in [0, 0.1) is 0 Å². The van der Waals surface area contributed by atoms with Crippen molar-refractivity contribution in [3.05, 3.63) is 24.3 Å². The van der Waals surface area contributed by atoms with Gasteiger partial charge in [-0.2, -0.15) is 0 Å². The Labute approximate surface area is 174 Å². The number of carbonyl (C=O) groups is 1. The first-order valence-electron chi connectivity index (χ1n) is 10.6. The summed E-state index contributed by atoms with van der Waals surface area (Å²) in [6, 6.07) is 9.02. The van der Waals surface area contributed by atoms with E-state index in [1.165, 1.54) is 5.69 Å². The third kappa shape index (κ3) is 3.75. The molecule has 3 saturated heterocycles. The zero-order valence-electron chi connectivity index (χ0n) is 18.7. The molecule has 0 spiro atoms. The molecule has 3 heterocycles. The minimum atomic E-state index is -0.456. The van der Waals surface area contributed by atoms with E-state index in [4.69, 9.17) is 14.0 Å². The van der Waals surface area contributed by atoms with Crippen LogP contribution in [0.2, 0.25) is 0 Å². The second kappa shape index (κ2) is 6.64. The zero-order valence-corrected chi connectivity index (χ0v) is 18.7. The van der Waals surface area contributed by atoms with Crippen molar-refractivity contribution in [2.45, 2.75) is 83.8 Å². The Morgan fingerprint density at radius 3 is 2.10 bits per heavy atom. The normalized spacial score (nSPS) is 27.6. The number of fused-ring (bicyclic) bond motifs is 2. The molecular formula is C22H33BN2O4. The highest BCUT2D eigenvalue weighted by Crippen LogP contribution is 2.37. The molecule has 3 aliphatic rings. The van der Waals surface area contributed by atoms with Crippen LogP contribution < -0.4 is 10.4 Å². The van der Waals surface area contributed by atoms with Crippen LogP contribution >= 0.6 is 0 Å². The predicted octanol–water partition coefficient (Wildman–Crippen LogP) is 3.18. The molecule has 1 aromatic carbocycles. The second-order valence-electron chi connectivity index (χ2n) is 10.5. The van der Waals surface area contributed by atoms with Crippen LogP contribution in [0.15, 0.2) is 24.3 Å². The number of rotatable bonds is 2. The highest BCUT2D eigenvalue weighted by Gasteiger charge is 2.52. The maximum absolute atomic E-state index is 12.4. The number of hydrogen-bond donors (Lipinski definition) is 0. The third-order valence-corrected chi connectivity index (χ3v) is 6.62. The highest BCUT2D eigenvalue weighted by atomic mass is 16.7. The molecule has 1 amide bonds. The third-order valence-electron chi connectivity index (χ3n) is 6.62. The summed E-state index contributed by atoms with van der Waals surface area (Å²) >= 11 is 0. The summed E-state index contributed by atoms with van der Waals surface area (Å²) in [5.74, 6) is 0. The minimum Gasteiger partial charge on any atom is -0.444 e.